The van der Waals surface area contributed by atoms with E-state index in [1.807, 2.05) is 36.5 Å². The number of rotatable bonds is 8. The minimum absolute atomic E-state index is 0. The largest absolute Gasteiger partial charge is 0.497 e. The third-order valence-corrected chi connectivity index (χ3v) is 4.18. The molecule has 0 aliphatic rings. The Morgan fingerprint density at radius 2 is 1.93 bits per heavy atom. The minimum Gasteiger partial charge on any atom is -0.497 e. The van der Waals surface area contributed by atoms with Gasteiger partial charge >= 0.3 is 0 Å². The molecule has 0 spiro atoms. The van der Waals surface area contributed by atoms with Crippen molar-refractivity contribution in [1.29, 1.82) is 0 Å². The molecule has 8 heteroatoms. The topological polar surface area (TPSA) is 76.4 Å². The number of aliphatic imine (C=N–C) groups is 1. The Morgan fingerprint density at radius 3 is 2.62 bits per heavy atom. The van der Waals surface area contributed by atoms with Crippen LogP contribution in [0.1, 0.15) is 18.1 Å². The fourth-order valence-corrected chi connectivity index (χ4v) is 2.72. The van der Waals surface area contributed by atoms with E-state index in [0.717, 1.165) is 42.6 Å². The fraction of sp³-hybridized carbons (Fsp3) is 0.286. The Hall–Kier alpha value is -2.62. The predicted molar refractivity (Wildman–Crippen MR) is 126 cm³/mol. The van der Waals surface area contributed by atoms with Crippen molar-refractivity contribution in [3.63, 3.8) is 0 Å². The van der Waals surface area contributed by atoms with Gasteiger partial charge in [0.2, 0.25) is 0 Å². The molecule has 0 saturated heterocycles. The first-order valence-corrected chi connectivity index (χ1v) is 9.38. The van der Waals surface area contributed by atoms with Crippen molar-refractivity contribution in [1.82, 2.24) is 25.4 Å². The number of hydrogen-bond acceptors (Lipinski definition) is 4. The maximum atomic E-state index is 5.20. The number of ether oxygens (including phenoxy) is 1. The third-order valence-electron chi connectivity index (χ3n) is 4.18. The molecule has 2 heterocycles. The molecule has 0 fully saturated rings. The van der Waals surface area contributed by atoms with Crippen molar-refractivity contribution < 1.29 is 4.74 Å². The molecule has 7 nitrogen and oxygen atoms in total. The standard InChI is InChI=1S/C21H26N6O.HI/c1-3-22-21(24-13-9-17-5-7-19(28-2)8-6-17)25-16-18-10-12-23-20(15-18)27-14-4-11-26-27;/h4-8,10-12,14-15H,3,9,13,16H2,1-2H3,(H2,22,24,25);1H. The Bertz CT molecular complexity index is 880. The molecule has 0 unspecified atom stereocenters. The molecule has 0 bridgehead atoms. The van der Waals surface area contributed by atoms with E-state index in [1.165, 1.54) is 5.56 Å². The Morgan fingerprint density at radius 1 is 1.10 bits per heavy atom. The van der Waals surface area contributed by atoms with E-state index >= 15 is 0 Å². The number of pyridine rings is 1. The molecule has 3 rings (SSSR count). The second kappa shape index (κ2) is 12.1. The highest BCUT2D eigenvalue weighted by Gasteiger charge is 2.02. The summed E-state index contributed by atoms with van der Waals surface area (Å²) in [6.45, 7) is 4.23. The predicted octanol–water partition coefficient (Wildman–Crippen LogP) is 3.19. The zero-order chi connectivity index (χ0) is 19.6. The molecule has 0 radical (unpaired) electrons. The van der Waals surface area contributed by atoms with Crippen LogP contribution in [0.2, 0.25) is 0 Å². The van der Waals surface area contributed by atoms with Gasteiger partial charge < -0.3 is 15.4 Å². The first-order chi connectivity index (χ1) is 13.8. The van der Waals surface area contributed by atoms with Gasteiger partial charge in [0.15, 0.2) is 11.8 Å². The summed E-state index contributed by atoms with van der Waals surface area (Å²) < 4.78 is 6.94. The molecular weight excluding hydrogens is 479 g/mol. The van der Waals surface area contributed by atoms with Gasteiger partial charge in [-0.2, -0.15) is 5.10 Å². The lowest BCUT2D eigenvalue weighted by molar-refractivity contribution is 0.414. The van der Waals surface area contributed by atoms with E-state index in [9.17, 15) is 0 Å². The summed E-state index contributed by atoms with van der Waals surface area (Å²) in [5.74, 6) is 2.46. The highest BCUT2D eigenvalue weighted by molar-refractivity contribution is 14.0. The molecule has 1 aromatic carbocycles. The van der Waals surface area contributed by atoms with E-state index in [1.54, 1.807) is 24.2 Å². The first-order valence-electron chi connectivity index (χ1n) is 9.38. The van der Waals surface area contributed by atoms with Crippen LogP contribution in [0.5, 0.6) is 5.75 Å². The fourth-order valence-electron chi connectivity index (χ4n) is 2.72. The summed E-state index contributed by atoms with van der Waals surface area (Å²) in [6.07, 6.45) is 6.31. The highest BCUT2D eigenvalue weighted by Crippen LogP contribution is 2.11. The van der Waals surface area contributed by atoms with Gasteiger partial charge in [0.25, 0.3) is 0 Å². The zero-order valence-corrected chi connectivity index (χ0v) is 19.0. The maximum Gasteiger partial charge on any atom is 0.191 e. The van der Waals surface area contributed by atoms with Crippen LogP contribution in [0.3, 0.4) is 0 Å². The van der Waals surface area contributed by atoms with Crippen molar-refractivity contribution in [2.45, 2.75) is 19.9 Å². The lowest BCUT2D eigenvalue weighted by atomic mass is 10.1. The third kappa shape index (κ3) is 7.04. The highest BCUT2D eigenvalue weighted by atomic mass is 127. The van der Waals surface area contributed by atoms with Crippen LogP contribution in [-0.2, 0) is 13.0 Å². The van der Waals surface area contributed by atoms with Gasteiger partial charge in [-0.15, -0.1) is 24.0 Å². The molecule has 29 heavy (non-hydrogen) atoms. The number of guanidine groups is 1. The van der Waals surface area contributed by atoms with Crippen molar-refractivity contribution in [3.8, 4) is 11.6 Å². The summed E-state index contributed by atoms with van der Waals surface area (Å²) >= 11 is 0. The van der Waals surface area contributed by atoms with Crippen LogP contribution >= 0.6 is 24.0 Å². The number of aromatic nitrogens is 3. The van der Waals surface area contributed by atoms with E-state index in [-0.39, 0.29) is 24.0 Å². The zero-order valence-electron chi connectivity index (χ0n) is 16.7. The van der Waals surface area contributed by atoms with Crippen molar-refractivity contribution in [2.75, 3.05) is 20.2 Å². The lowest BCUT2D eigenvalue weighted by Crippen LogP contribution is -2.38. The number of nitrogens with zero attached hydrogens (tertiary/aromatic N) is 4. The molecule has 154 valence electrons. The van der Waals surface area contributed by atoms with E-state index in [2.05, 4.69) is 44.8 Å². The number of nitrogens with one attached hydrogen (secondary N) is 2. The number of halogens is 1. The molecule has 0 saturated carbocycles. The second-order valence-corrected chi connectivity index (χ2v) is 6.19. The monoisotopic (exact) mass is 506 g/mol. The Kier molecular flexibility index (Phi) is 9.42. The van der Waals surface area contributed by atoms with Crippen molar-refractivity contribution in [3.05, 3.63) is 72.2 Å². The van der Waals surface area contributed by atoms with E-state index < -0.39 is 0 Å². The SMILES string of the molecule is CCNC(=NCc1ccnc(-n2cccn2)c1)NCCc1ccc(OC)cc1.I. The lowest BCUT2D eigenvalue weighted by Gasteiger charge is -2.12. The maximum absolute atomic E-state index is 5.20. The summed E-state index contributed by atoms with van der Waals surface area (Å²) in [6, 6.07) is 14.0. The van der Waals surface area contributed by atoms with E-state index in [4.69, 9.17) is 4.74 Å². The summed E-state index contributed by atoms with van der Waals surface area (Å²) in [5.41, 5.74) is 2.33. The minimum atomic E-state index is 0. The van der Waals surface area contributed by atoms with Crippen LogP contribution in [-0.4, -0.2) is 40.9 Å². The Labute approximate surface area is 188 Å². The number of benzene rings is 1. The van der Waals surface area contributed by atoms with Crippen LogP contribution in [0.15, 0.2) is 66.0 Å². The number of hydrogen-bond donors (Lipinski definition) is 2. The average Bonchev–Trinajstić information content (AvgIpc) is 3.28. The average molecular weight is 506 g/mol. The molecule has 2 aromatic heterocycles. The molecule has 0 atom stereocenters. The van der Waals surface area contributed by atoms with Crippen LogP contribution < -0.4 is 15.4 Å². The normalized spacial score (nSPS) is 10.9. The van der Waals surface area contributed by atoms with Gasteiger partial charge in [-0.3, -0.25) is 0 Å². The van der Waals surface area contributed by atoms with Crippen molar-refractivity contribution >= 4 is 29.9 Å². The molecule has 0 aliphatic carbocycles. The number of methoxy groups -OCH3 is 1. The summed E-state index contributed by atoms with van der Waals surface area (Å²) in [7, 11) is 1.68. The smallest absolute Gasteiger partial charge is 0.191 e. The molecular formula is C21H27IN6O. The molecule has 2 N–H and O–H groups in total. The van der Waals surface area contributed by atoms with Crippen molar-refractivity contribution in [2.24, 2.45) is 4.99 Å². The molecule has 3 aromatic rings. The molecule has 0 aliphatic heterocycles. The van der Waals surface area contributed by atoms with Gasteiger partial charge in [-0.25, -0.2) is 14.7 Å². The van der Waals surface area contributed by atoms with E-state index in [0.29, 0.717) is 6.54 Å². The second-order valence-electron chi connectivity index (χ2n) is 6.19. The van der Waals surface area contributed by atoms with Gasteiger partial charge in [-0.1, -0.05) is 12.1 Å². The molecule has 0 amide bonds. The quantitative estimate of drug-likeness (QED) is 0.279. The summed E-state index contributed by atoms with van der Waals surface area (Å²) in [5, 5.41) is 10.9. The van der Waals surface area contributed by atoms with Gasteiger partial charge in [0, 0.05) is 31.7 Å². The first kappa shape index (κ1) is 22.7. The van der Waals surface area contributed by atoms with Gasteiger partial charge in [0.1, 0.15) is 5.75 Å². The van der Waals surface area contributed by atoms with Gasteiger partial charge in [-0.05, 0) is 54.8 Å². The van der Waals surface area contributed by atoms with Crippen LogP contribution in [0, 0.1) is 0 Å². The summed E-state index contributed by atoms with van der Waals surface area (Å²) in [4.78, 5) is 9.03. The van der Waals surface area contributed by atoms with Crippen LogP contribution in [0.25, 0.3) is 5.82 Å². The Balaban J connectivity index is 0.00000300. The van der Waals surface area contributed by atoms with Gasteiger partial charge in [0.05, 0.1) is 13.7 Å². The van der Waals surface area contributed by atoms with Crippen LogP contribution in [0.4, 0.5) is 0 Å².